The molecule has 2 heterocycles. The van der Waals surface area contributed by atoms with E-state index >= 15 is 0 Å². The molecule has 0 unspecified atom stereocenters. The Morgan fingerprint density at radius 2 is 1.84 bits per heavy atom. The van der Waals surface area contributed by atoms with Gasteiger partial charge < -0.3 is 0 Å². The second-order valence-corrected chi connectivity index (χ2v) is 6.15. The highest BCUT2D eigenvalue weighted by atomic mass is 79.9. The molecule has 1 saturated carbocycles. The van der Waals surface area contributed by atoms with Crippen molar-refractivity contribution in [2.45, 2.75) is 24.4 Å². The molecule has 1 spiro atoms. The number of carbonyl (C=O) groups is 2. The van der Waals surface area contributed by atoms with Gasteiger partial charge in [-0.3, -0.25) is 9.59 Å². The highest BCUT2D eigenvalue weighted by Crippen LogP contribution is 2.55. The fraction of sp³-hybridized carbons (Fsp3) is 0.385. The molecule has 2 fully saturated rings. The minimum Gasteiger partial charge on any atom is -0.273 e. The third-order valence-corrected chi connectivity index (χ3v) is 4.61. The third kappa shape index (κ3) is 1.40. The van der Waals surface area contributed by atoms with Gasteiger partial charge in [-0.1, -0.05) is 15.9 Å². The fourth-order valence-corrected chi connectivity index (χ4v) is 3.18. The average Bonchev–Trinajstić information content (AvgIpc) is 2.98. The van der Waals surface area contributed by atoms with Gasteiger partial charge >= 0.3 is 0 Å². The Balaban J connectivity index is 1.75. The van der Waals surface area contributed by atoms with Crippen molar-refractivity contribution in [3.05, 3.63) is 28.7 Å². The van der Waals surface area contributed by atoms with Gasteiger partial charge in [-0.15, -0.1) is 0 Å². The summed E-state index contributed by atoms with van der Waals surface area (Å²) in [5, 5.41) is 8.20. The Kier molecular flexibility index (Phi) is 2.08. The second-order valence-electron chi connectivity index (χ2n) is 5.23. The number of halogens is 1. The van der Waals surface area contributed by atoms with E-state index in [4.69, 9.17) is 0 Å². The Hall–Kier alpha value is -1.56. The zero-order valence-electron chi connectivity index (χ0n) is 9.91. The molecule has 1 aromatic rings. The lowest BCUT2D eigenvalue weighted by Gasteiger charge is -2.16. The largest absolute Gasteiger partial charge is 0.273 e. The van der Waals surface area contributed by atoms with Crippen LogP contribution < -0.4 is 4.90 Å². The summed E-state index contributed by atoms with van der Waals surface area (Å²) in [6, 6.07) is 6.56. The molecule has 96 valence electrons. The molecule has 3 aliphatic rings. The highest BCUT2D eigenvalue weighted by Gasteiger charge is 2.67. The minimum atomic E-state index is -0.598. The van der Waals surface area contributed by atoms with E-state index in [9.17, 15) is 9.59 Å². The van der Waals surface area contributed by atoms with Gasteiger partial charge in [0.1, 0.15) is 0 Å². The van der Waals surface area contributed by atoms with E-state index in [-0.39, 0.29) is 23.3 Å². The highest BCUT2D eigenvalue weighted by molar-refractivity contribution is 9.10. The Morgan fingerprint density at radius 1 is 1.16 bits per heavy atom. The van der Waals surface area contributed by atoms with E-state index < -0.39 is 6.04 Å². The number of nitrogens with zero attached hydrogens (tertiary/aromatic N) is 3. The zero-order chi connectivity index (χ0) is 13.2. The molecule has 6 heteroatoms. The number of fused-ring (bicyclic) bond motifs is 2. The molecule has 0 aromatic heterocycles. The number of amides is 2. The molecule has 4 rings (SSSR count). The van der Waals surface area contributed by atoms with Crippen LogP contribution >= 0.6 is 15.9 Å². The van der Waals surface area contributed by atoms with Gasteiger partial charge in [0, 0.05) is 4.47 Å². The quantitative estimate of drug-likeness (QED) is 0.746. The number of anilines is 1. The van der Waals surface area contributed by atoms with Crippen molar-refractivity contribution in [3.8, 4) is 0 Å². The Morgan fingerprint density at radius 3 is 2.47 bits per heavy atom. The number of hydrogen-bond donors (Lipinski definition) is 0. The van der Waals surface area contributed by atoms with E-state index in [0.717, 1.165) is 17.3 Å². The molecular weight excluding hydrogens is 310 g/mol. The summed E-state index contributed by atoms with van der Waals surface area (Å²) in [7, 11) is 0. The number of hydrogen-bond acceptors (Lipinski definition) is 4. The normalized spacial score (nSPS) is 30.3. The van der Waals surface area contributed by atoms with Gasteiger partial charge in [-0.25, -0.2) is 4.90 Å². The van der Waals surface area contributed by atoms with E-state index in [1.807, 2.05) is 12.1 Å². The first kappa shape index (κ1) is 11.3. The molecule has 1 aromatic carbocycles. The second kappa shape index (κ2) is 3.50. The Bertz CT molecular complexity index is 621. The summed E-state index contributed by atoms with van der Waals surface area (Å²) in [6.07, 6.45) is 1.73. The predicted octanol–water partition coefficient (Wildman–Crippen LogP) is 2.31. The van der Waals surface area contributed by atoms with Crippen LogP contribution in [0.5, 0.6) is 0 Å². The van der Waals surface area contributed by atoms with Crippen molar-refractivity contribution in [1.29, 1.82) is 0 Å². The number of benzene rings is 1. The average molecular weight is 320 g/mol. The summed E-state index contributed by atoms with van der Waals surface area (Å²) < 4.78 is 0.911. The zero-order valence-corrected chi connectivity index (χ0v) is 11.5. The lowest BCUT2D eigenvalue weighted by atomic mass is 9.94. The number of rotatable bonds is 1. The first-order valence-electron chi connectivity index (χ1n) is 6.18. The van der Waals surface area contributed by atoms with Crippen molar-refractivity contribution in [3.63, 3.8) is 0 Å². The van der Waals surface area contributed by atoms with Crippen LogP contribution in [0.3, 0.4) is 0 Å². The van der Waals surface area contributed by atoms with Gasteiger partial charge in [0.25, 0.3) is 5.91 Å². The van der Waals surface area contributed by atoms with Crippen LogP contribution in [0.2, 0.25) is 0 Å². The van der Waals surface area contributed by atoms with Crippen molar-refractivity contribution >= 4 is 33.4 Å². The molecule has 2 amide bonds. The van der Waals surface area contributed by atoms with E-state index in [0.29, 0.717) is 5.69 Å². The Labute approximate surface area is 117 Å². The molecule has 0 N–H and O–H groups in total. The first-order valence-corrected chi connectivity index (χ1v) is 6.97. The fourth-order valence-electron chi connectivity index (χ4n) is 2.92. The van der Waals surface area contributed by atoms with Gasteiger partial charge in [0.05, 0.1) is 17.1 Å². The molecule has 2 aliphatic heterocycles. The van der Waals surface area contributed by atoms with E-state index in [1.54, 1.807) is 12.1 Å². The molecule has 1 aliphatic carbocycles. The maximum absolute atomic E-state index is 12.5. The van der Waals surface area contributed by atoms with E-state index in [1.165, 1.54) is 4.90 Å². The van der Waals surface area contributed by atoms with Crippen LogP contribution in [-0.2, 0) is 9.59 Å². The van der Waals surface area contributed by atoms with Gasteiger partial charge in [0.2, 0.25) is 5.91 Å². The SMILES string of the molecule is O=C1[C@H]2N=NC3(CC3)[C@H]2C(=O)N1c1ccc(Br)cc1. The van der Waals surface area contributed by atoms with Gasteiger partial charge in [0.15, 0.2) is 6.04 Å². The van der Waals surface area contributed by atoms with E-state index in [2.05, 4.69) is 26.2 Å². The number of imide groups is 1. The third-order valence-electron chi connectivity index (χ3n) is 4.08. The standard InChI is InChI=1S/C13H10BrN3O2/c14-7-1-3-8(4-2-7)17-11(18)9-10(12(17)19)15-16-13(9)5-6-13/h1-4,9-10H,5-6H2/t9-,10+/m1/s1. The van der Waals surface area contributed by atoms with Gasteiger partial charge in [-0.05, 0) is 37.1 Å². The summed E-state index contributed by atoms with van der Waals surface area (Å²) in [6.45, 7) is 0. The van der Waals surface area contributed by atoms with Crippen LogP contribution in [0, 0.1) is 5.92 Å². The maximum atomic E-state index is 12.5. The predicted molar refractivity (Wildman–Crippen MR) is 70.7 cm³/mol. The molecular formula is C13H10BrN3O2. The lowest BCUT2D eigenvalue weighted by Crippen LogP contribution is -2.33. The monoisotopic (exact) mass is 319 g/mol. The molecule has 1 saturated heterocycles. The van der Waals surface area contributed by atoms with Crippen LogP contribution in [0.4, 0.5) is 5.69 Å². The summed E-state index contributed by atoms with van der Waals surface area (Å²) in [5.41, 5.74) is 0.250. The van der Waals surface area contributed by atoms with Crippen LogP contribution in [0.1, 0.15) is 12.8 Å². The van der Waals surface area contributed by atoms with Crippen molar-refractivity contribution in [1.82, 2.24) is 0 Å². The number of carbonyl (C=O) groups excluding carboxylic acids is 2. The summed E-state index contributed by atoms with van der Waals surface area (Å²) >= 11 is 3.34. The maximum Gasteiger partial charge on any atom is 0.261 e. The van der Waals surface area contributed by atoms with Gasteiger partial charge in [-0.2, -0.15) is 10.2 Å². The molecule has 5 nitrogen and oxygen atoms in total. The molecule has 2 atom stereocenters. The van der Waals surface area contributed by atoms with Crippen LogP contribution in [0.15, 0.2) is 39.0 Å². The molecule has 19 heavy (non-hydrogen) atoms. The van der Waals surface area contributed by atoms with Crippen molar-refractivity contribution in [2.75, 3.05) is 4.90 Å². The summed E-state index contributed by atoms with van der Waals surface area (Å²) in [4.78, 5) is 26.1. The van der Waals surface area contributed by atoms with Crippen molar-refractivity contribution in [2.24, 2.45) is 16.1 Å². The van der Waals surface area contributed by atoms with Crippen LogP contribution in [0.25, 0.3) is 0 Å². The molecule has 0 bridgehead atoms. The smallest absolute Gasteiger partial charge is 0.261 e. The van der Waals surface area contributed by atoms with Crippen molar-refractivity contribution < 1.29 is 9.59 Å². The lowest BCUT2D eigenvalue weighted by molar-refractivity contribution is -0.122. The first-order chi connectivity index (χ1) is 9.12. The topological polar surface area (TPSA) is 62.1 Å². The van der Waals surface area contributed by atoms with Crippen LogP contribution in [-0.4, -0.2) is 23.4 Å². The molecule has 0 radical (unpaired) electrons. The summed E-state index contributed by atoms with van der Waals surface area (Å²) in [5.74, 6) is -0.770. The minimum absolute atomic E-state index is 0.153. The number of azo groups is 1.